The molecule has 0 spiro atoms. The van der Waals surface area contributed by atoms with Crippen LogP contribution in [0.5, 0.6) is 0 Å². The maximum Gasteiger partial charge on any atom is 0.276 e. The first-order valence-corrected chi connectivity index (χ1v) is 12.2. The number of benzene rings is 1. The van der Waals surface area contributed by atoms with Crippen molar-refractivity contribution in [1.82, 2.24) is 14.9 Å². The number of amides is 2. The molecule has 2 heterocycles. The fraction of sp³-hybridized carbons (Fsp3) is 0.222. The zero-order valence-corrected chi connectivity index (χ0v) is 19.0. The van der Waals surface area contributed by atoms with Gasteiger partial charge in [-0.2, -0.15) is 0 Å². The molecule has 0 aliphatic heterocycles. The van der Waals surface area contributed by atoms with Crippen molar-refractivity contribution in [3.05, 3.63) is 45.9 Å². The Labute approximate surface area is 181 Å². The maximum absolute atomic E-state index is 12.5. The highest BCUT2D eigenvalue weighted by Gasteiger charge is 2.19. The van der Waals surface area contributed by atoms with E-state index in [1.54, 1.807) is 38.5 Å². The van der Waals surface area contributed by atoms with Crippen molar-refractivity contribution in [2.45, 2.75) is 11.8 Å². The smallest absolute Gasteiger partial charge is 0.276 e. The SMILES string of the molecule is Cc1nc(NC(=O)c2csc(Nc3ccc(S(C)(=O)=O)cc3)n2)sc1C(=O)N(C)C. The predicted octanol–water partition coefficient (Wildman–Crippen LogP) is 3.01. The van der Waals surface area contributed by atoms with Crippen molar-refractivity contribution in [2.75, 3.05) is 31.0 Å². The summed E-state index contributed by atoms with van der Waals surface area (Å²) in [7, 11) is 0.0387. The van der Waals surface area contributed by atoms with Crippen LogP contribution in [0.25, 0.3) is 0 Å². The second-order valence-electron chi connectivity index (χ2n) is 6.55. The molecule has 1 aromatic carbocycles. The molecule has 0 aliphatic rings. The van der Waals surface area contributed by atoms with E-state index in [1.165, 1.54) is 28.4 Å². The molecule has 0 bridgehead atoms. The van der Waals surface area contributed by atoms with Crippen LogP contribution >= 0.6 is 22.7 Å². The molecule has 0 aliphatic carbocycles. The van der Waals surface area contributed by atoms with Gasteiger partial charge in [0.25, 0.3) is 11.8 Å². The second-order valence-corrected chi connectivity index (χ2v) is 10.4. The van der Waals surface area contributed by atoms with Crippen molar-refractivity contribution < 1.29 is 18.0 Å². The van der Waals surface area contributed by atoms with Gasteiger partial charge in [0.15, 0.2) is 20.1 Å². The van der Waals surface area contributed by atoms with Crippen LogP contribution in [0.2, 0.25) is 0 Å². The van der Waals surface area contributed by atoms with Crippen molar-refractivity contribution >= 4 is 60.3 Å². The molecule has 2 amide bonds. The molecule has 30 heavy (non-hydrogen) atoms. The summed E-state index contributed by atoms with van der Waals surface area (Å²) in [5.41, 5.74) is 1.39. The van der Waals surface area contributed by atoms with Crippen LogP contribution in [-0.2, 0) is 9.84 Å². The van der Waals surface area contributed by atoms with E-state index < -0.39 is 15.7 Å². The maximum atomic E-state index is 12.5. The molecule has 2 aromatic heterocycles. The minimum atomic E-state index is -3.26. The summed E-state index contributed by atoms with van der Waals surface area (Å²) in [5, 5.41) is 8.08. The standard InChI is InChI=1S/C18H19N5O4S3/c1-10-14(16(25)23(2)3)29-18(19-10)22-15(24)13-9-28-17(21-13)20-11-5-7-12(8-6-11)30(4,26)27/h5-9H,1-4H3,(H,20,21)(H,19,22,24). The molecule has 2 N–H and O–H groups in total. The number of sulfone groups is 1. The van der Waals surface area contributed by atoms with E-state index in [0.717, 1.165) is 17.6 Å². The van der Waals surface area contributed by atoms with E-state index in [4.69, 9.17) is 0 Å². The van der Waals surface area contributed by atoms with Crippen molar-refractivity contribution in [3.63, 3.8) is 0 Å². The molecule has 9 nitrogen and oxygen atoms in total. The Morgan fingerprint density at radius 2 is 1.73 bits per heavy atom. The number of hydrogen-bond acceptors (Lipinski definition) is 9. The Bertz CT molecular complexity index is 1200. The van der Waals surface area contributed by atoms with E-state index in [9.17, 15) is 18.0 Å². The summed E-state index contributed by atoms with van der Waals surface area (Å²) in [5.74, 6) is -0.614. The normalized spacial score (nSPS) is 11.2. The lowest BCUT2D eigenvalue weighted by Gasteiger charge is -2.07. The lowest BCUT2D eigenvalue weighted by Crippen LogP contribution is -2.21. The third-order valence-electron chi connectivity index (χ3n) is 3.89. The summed E-state index contributed by atoms with van der Waals surface area (Å²) < 4.78 is 23.0. The summed E-state index contributed by atoms with van der Waals surface area (Å²) in [6.45, 7) is 1.71. The summed E-state index contributed by atoms with van der Waals surface area (Å²) in [6, 6.07) is 6.24. The number of aryl methyl sites for hydroxylation is 1. The number of aromatic nitrogens is 2. The fourth-order valence-electron chi connectivity index (χ4n) is 2.36. The van der Waals surface area contributed by atoms with Crippen LogP contribution in [0, 0.1) is 6.92 Å². The Morgan fingerprint density at radius 3 is 2.33 bits per heavy atom. The van der Waals surface area contributed by atoms with E-state index in [0.29, 0.717) is 26.5 Å². The molecule has 3 aromatic rings. The Kier molecular flexibility index (Phi) is 6.19. The zero-order valence-electron chi connectivity index (χ0n) is 16.6. The van der Waals surface area contributed by atoms with E-state index in [1.807, 2.05) is 0 Å². The first-order valence-electron chi connectivity index (χ1n) is 8.57. The van der Waals surface area contributed by atoms with Gasteiger partial charge in [-0.25, -0.2) is 18.4 Å². The van der Waals surface area contributed by atoms with Crippen molar-refractivity contribution in [3.8, 4) is 0 Å². The van der Waals surface area contributed by atoms with Crippen LogP contribution in [0.1, 0.15) is 25.9 Å². The molecule has 0 saturated heterocycles. The number of nitrogens with one attached hydrogen (secondary N) is 2. The fourth-order valence-corrected chi connectivity index (χ4v) is 4.68. The molecule has 0 atom stereocenters. The van der Waals surface area contributed by atoms with Crippen LogP contribution < -0.4 is 10.6 Å². The average Bonchev–Trinajstić information content (AvgIpc) is 3.27. The molecule has 12 heteroatoms. The van der Waals surface area contributed by atoms with Gasteiger partial charge in [0.1, 0.15) is 10.6 Å². The number of nitrogens with zero attached hydrogens (tertiary/aromatic N) is 3. The Balaban J connectivity index is 1.68. The van der Waals surface area contributed by atoms with Gasteiger partial charge in [-0.1, -0.05) is 11.3 Å². The van der Waals surface area contributed by atoms with Crippen LogP contribution in [0.4, 0.5) is 16.0 Å². The van der Waals surface area contributed by atoms with Crippen LogP contribution in [-0.4, -0.2) is 55.5 Å². The topological polar surface area (TPSA) is 121 Å². The molecule has 158 valence electrons. The second kappa shape index (κ2) is 8.50. The third kappa shape index (κ3) is 5.01. The highest BCUT2D eigenvalue weighted by atomic mass is 32.2. The van der Waals surface area contributed by atoms with Crippen molar-refractivity contribution in [2.24, 2.45) is 0 Å². The first kappa shape index (κ1) is 21.9. The molecule has 0 radical (unpaired) electrons. The van der Waals surface area contributed by atoms with Gasteiger partial charge >= 0.3 is 0 Å². The average molecular weight is 466 g/mol. The van der Waals surface area contributed by atoms with E-state index in [2.05, 4.69) is 20.6 Å². The van der Waals surface area contributed by atoms with Gasteiger partial charge in [-0.3, -0.25) is 14.9 Å². The lowest BCUT2D eigenvalue weighted by atomic mass is 10.3. The van der Waals surface area contributed by atoms with Gasteiger partial charge in [0.05, 0.1) is 10.6 Å². The quantitative estimate of drug-likeness (QED) is 0.574. The summed E-state index contributed by atoms with van der Waals surface area (Å²) in [6.07, 6.45) is 1.14. The summed E-state index contributed by atoms with van der Waals surface area (Å²) in [4.78, 5) is 35.2. The largest absolute Gasteiger partial charge is 0.344 e. The lowest BCUT2D eigenvalue weighted by molar-refractivity contribution is 0.0831. The van der Waals surface area contributed by atoms with E-state index in [-0.39, 0.29) is 16.5 Å². The Hall–Kier alpha value is -2.83. The molecular formula is C18H19N5O4S3. The molecule has 0 fully saturated rings. The number of carbonyl (C=O) groups excluding carboxylic acids is 2. The van der Waals surface area contributed by atoms with E-state index >= 15 is 0 Å². The van der Waals surface area contributed by atoms with Crippen LogP contribution in [0.15, 0.2) is 34.5 Å². The van der Waals surface area contributed by atoms with Gasteiger partial charge in [-0.15, -0.1) is 11.3 Å². The number of carbonyl (C=O) groups is 2. The van der Waals surface area contributed by atoms with Gasteiger partial charge in [-0.05, 0) is 31.2 Å². The van der Waals surface area contributed by atoms with Gasteiger partial charge < -0.3 is 10.2 Å². The number of rotatable bonds is 6. The van der Waals surface area contributed by atoms with Crippen molar-refractivity contribution in [1.29, 1.82) is 0 Å². The van der Waals surface area contributed by atoms with Gasteiger partial charge in [0, 0.05) is 31.4 Å². The zero-order chi connectivity index (χ0) is 22.1. The predicted molar refractivity (Wildman–Crippen MR) is 118 cm³/mol. The number of hydrogen-bond donors (Lipinski definition) is 2. The molecule has 0 unspecified atom stereocenters. The molecular weight excluding hydrogens is 446 g/mol. The minimum absolute atomic E-state index is 0.174. The molecule has 3 rings (SSSR count). The van der Waals surface area contributed by atoms with Crippen LogP contribution in [0.3, 0.4) is 0 Å². The highest BCUT2D eigenvalue weighted by Crippen LogP contribution is 2.26. The first-order chi connectivity index (χ1) is 14.0. The summed E-state index contributed by atoms with van der Waals surface area (Å²) >= 11 is 2.34. The molecule has 0 saturated carbocycles. The minimum Gasteiger partial charge on any atom is -0.344 e. The Morgan fingerprint density at radius 1 is 1.07 bits per heavy atom. The number of anilines is 3. The number of thiazole rings is 2. The van der Waals surface area contributed by atoms with Gasteiger partial charge in [0.2, 0.25) is 0 Å². The third-order valence-corrected chi connectivity index (χ3v) is 6.84. The monoisotopic (exact) mass is 465 g/mol. The highest BCUT2D eigenvalue weighted by molar-refractivity contribution is 7.90.